The summed E-state index contributed by atoms with van der Waals surface area (Å²) in [4.78, 5) is 55.9. The maximum absolute atomic E-state index is 10.7. The van der Waals surface area contributed by atoms with Crippen molar-refractivity contribution in [2.24, 2.45) is 31.8 Å². The van der Waals surface area contributed by atoms with Crippen LogP contribution in [0.15, 0.2) is 20.0 Å². The van der Waals surface area contributed by atoms with E-state index >= 15 is 0 Å². The van der Waals surface area contributed by atoms with Crippen molar-refractivity contribution in [3.8, 4) is 0 Å². The Morgan fingerprint density at radius 1 is 0.810 bits per heavy atom. The highest BCUT2D eigenvalue weighted by atomic mass is 16.1. The second-order valence-electron chi connectivity index (χ2n) is 5.07. The number of nitrogens with zero attached hydrogens (tertiary/aromatic N) is 4. The monoisotopic (exact) mass is 290 g/mol. The summed E-state index contributed by atoms with van der Waals surface area (Å²) in [6.45, 7) is 0.492. The Bertz CT molecular complexity index is 523. The van der Waals surface area contributed by atoms with Gasteiger partial charge in [0.15, 0.2) is 0 Å². The van der Waals surface area contributed by atoms with Gasteiger partial charge in [-0.2, -0.15) is 4.99 Å². The summed E-state index contributed by atoms with van der Waals surface area (Å²) in [7, 11) is 0. The number of isocyanates is 4. The third-order valence-corrected chi connectivity index (χ3v) is 3.55. The molecule has 21 heavy (non-hydrogen) atoms. The second-order valence-corrected chi connectivity index (χ2v) is 5.07. The number of hydrogen-bond acceptors (Lipinski definition) is 8. The number of aliphatic imine (C=N–C) groups is 4. The van der Waals surface area contributed by atoms with E-state index in [4.69, 9.17) is 0 Å². The van der Waals surface area contributed by atoms with Crippen LogP contribution in [0.1, 0.15) is 19.3 Å². The van der Waals surface area contributed by atoms with E-state index in [0.717, 1.165) is 0 Å². The van der Waals surface area contributed by atoms with Crippen molar-refractivity contribution in [2.45, 2.75) is 24.8 Å². The average Bonchev–Trinajstić information content (AvgIpc) is 2.49. The zero-order valence-corrected chi connectivity index (χ0v) is 11.3. The summed E-state index contributed by atoms with van der Waals surface area (Å²) in [6.07, 6.45) is 7.45. The van der Waals surface area contributed by atoms with E-state index < -0.39 is 5.54 Å². The molecule has 1 aliphatic rings. The summed E-state index contributed by atoms with van der Waals surface area (Å²) < 4.78 is 0. The molecule has 0 amide bonds. The van der Waals surface area contributed by atoms with Crippen LogP contribution in [0, 0.1) is 11.8 Å². The average molecular weight is 290 g/mol. The standard InChI is InChI=1S/C13H14N4O4/c18-7-14-4-11-1-12(5-15-8-19)3-13(2-11,17-10-21)6-16-9-20/h11-12H,1-6H2. The molecule has 2 unspecified atom stereocenters. The fourth-order valence-corrected chi connectivity index (χ4v) is 2.94. The maximum atomic E-state index is 10.7. The lowest BCUT2D eigenvalue weighted by molar-refractivity contribution is 0.178. The van der Waals surface area contributed by atoms with Crippen LogP contribution in [0.2, 0.25) is 0 Å². The Kier molecular flexibility index (Phi) is 6.82. The van der Waals surface area contributed by atoms with Crippen molar-refractivity contribution < 1.29 is 19.2 Å². The molecule has 0 radical (unpaired) electrons. The van der Waals surface area contributed by atoms with Gasteiger partial charge in [0.25, 0.3) is 0 Å². The zero-order chi connectivity index (χ0) is 15.6. The Morgan fingerprint density at radius 2 is 1.33 bits per heavy atom. The molecule has 0 spiro atoms. The van der Waals surface area contributed by atoms with E-state index in [2.05, 4.69) is 20.0 Å². The summed E-state index contributed by atoms with van der Waals surface area (Å²) in [5.41, 5.74) is -0.885. The largest absolute Gasteiger partial charge is 0.235 e. The Balaban J connectivity index is 3.01. The van der Waals surface area contributed by atoms with Gasteiger partial charge in [0.05, 0.1) is 25.2 Å². The fourth-order valence-electron chi connectivity index (χ4n) is 2.94. The van der Waals surface area contributed by atoms with E-state index in [1.54, 1.807) is 0 Å². The van der Waals surface area contributed by atoms with Crippen molar-refractivity contribution in [3.05, 3.63) is 0 Å². The first-order valence-corrected chi connectivity index (χ1v) is 6.39. The molecule has 1 saturated carbocycles. The van der Waals surface area contributed by atoms with Crippen LogP contribution in [-0.4, -0.2) is 49.5 Å². The molecule has 110 valence electrons. The predicted octanol–water partition coefficient (Wildman–Crippen LogP) is 0.485. The first-order valence-electron chi connectivity index (χ1n) is 6.39. The van der Waals surface area contributed by atoms with Gasteiger partial charge in [0, 0.05) is 0 Å². The summed E-state index contributed by atoms with van der Waals surface area (Å²) in [5, 5.41) is 0. The molecule has 0 N–H and O–H groups in total. The molecule has 0 aliphatic heterocycles. The van der Waals surface area contributed by atoms with Gasteiger partial charge < -0.3 is 0 Å². The lowest BCUT2D eigenvalue weighted by Gasteiger charge is -2.39. The van der Waals surface area contributed by atoms with Gasteiger partial charge in [-0.25, -0.2) is 34.2 Å². The number of rotatable bonds is 7. The summed E-state index contributed by atoms with van der Waals surface area (Å²) >= 11 is 0. The van der Waals surface area contributed by atoms with Crippen LogP contribution < -0.4 is 0 Å². The molecule has 2 atom stereocenters. The SMILES string of the molecule is O=C=NCC1CC(CN=C=O)CC(CN=C=O)(N=C=O)C1. The fraction of sp³-hybridized carbons (Fsp3) is 0.692. The van der Waals surface area contributed by atoms with Crippen LogP contribution in [0.3, 0.4) is 0 Å². The van der Waals surface area contributed by atoms with Crippen LogP contribution >= 0.6 is 0 Å². The number of carbonyl (C=O) groups excluding carboxylic acids is 4. The van der Waals surface area contributed by atoms with Crippen LogP contribution in [0.4, 0.5) is 0 Å². The second kappa shape index (κ2) is 8.64. The van der Waals surface area contributed by atoms with Crippen LogP contribution in [-0.2, 0) is 19.2 Å². The van der Waals surface area contributed by atoms with Crippen molar-refractivity contribution >= 4 is 24.3 Å². The molecule has 8 nitrogen and oxygen atoms in total. The zero-order valence-electron chi connectivity index (χ0n) is 11.3. The quantitative estimate of drug-likeness (QED) is 0.500. The minimum Gasteiger partial charge on any atom is -0.211 e. The minimum atomic E-state index is -0.885. The van der Waals surface area contributed by atoms with Crippen LogP contribution in [0.5, 0.6) is 0 Å². The van der Waals surface area contributed by atoms with Gasteiger partial charge in [0.2, 0.25) is 24.3 Å². The molecule has 0 bridgehead atoms. The maximum Gasteiger partial charge on any atom is 0.235 e. The van der Waals surface area contributed by atoms with Gasteiger partial charge >= 0.3 is 0 Å². The van der Waals surface area contributed by atoms with E-state index in [0.29, 0.717) is 19.3 Å². The normalized spacial score (nSPS) is 27.2. The summed E-state index contributed by atoms with van der Waals surface area (Å²) in [5.74, 6) is -0.0722. The molecule has 1 rings (SSSR count). The molecule has 0 aromatic carbocycles. The molecule has 0 heterocycles. The van der Waals surface area contributed by atoms with Crippen molar-refractivity contribution in [2.75, 3.05) is 19.6 Å². The molecule has 0 saturated heterocycles. The third kappa shape index (κ3) is 5.19. The molecule has 1 fully saturated rings. The topological polar surface area (TPSA) is 118 Å². The lowest BCUT2D eigenvalue weighted by Crippen LogP contribution is -2.42. The smallest absolute Gasteiger partial charge is 0.211 e. The number of hydrogen-bond donors (Lipinski definition) is 0. The van der Waals surface area contributed by atoms with Gasteiger partial charge in [-0.1, -0.05) is 0 Å². The van der Waals surface area contributed by atoms with Crippen molar-refractivity contribution in [1.29, 1.82) is 0 Å². The molecule has 0 aromatic rings. The minimum absolute atomic E-state index is 0.00828. The Morgan fingerprint density at radius 3 is 1.76 bits per heavy atom. The van der Waals surface area contributed by atoms with Crippen molar-refractivity contribution in [3.63, 3.8) is 0 Å². The highest BCUT2D eigenvalue weighted by Crippen LogP contribution is 2.39. The highest BCUT2D eigenvalue weighted by Gasteiger charge is 2.41. The van der Waals surface area contributed by atoms with E-state index in [-0.39, 0.29) is 31.5 Å². The molecular weight excluding hydrogens is 276 g/mol. The molecule has 8 heteroatoms. The molecule has 1 aliphatic carbocycles. The summed E-state index contributed by atoms with van der Waals surface area (Å²) in [6, 6.07) is 0. The van der Waals surface area contributed by atoms with Gasteiger partial charge in [-0.05, 0) is 31.1 Å². The Hall–Kier alpha value is -2.48. The Labute approximate surface area is 120 Å². The highest BCUT2D eigenvalue weighted by molar-refractivity contribution is 5.37. The van der Waals surface area contributed by atoms with Crippen LogP contribution in [0.25, 0.3) is 0 Å². The lowest BCUT2D eigenvalue weighted by atomic mass is 9.70. The van der Waals surface area contributed by atoms with Crippen molar-refractivity contribution in [1.82, 2.24) is 0 Å². The predicted molar refractivity (Wildman–Crippen MR) is 70.6 cm³/mol. The van der Waals surface area contributed by atoms with E-state index in [1.807, 2.05) is 0 Å². The van der Waals surface area contributed by atoms with E-state index in [1.165, 1.54) is 24.3 Å². The van der Waals surface area contributed by atoms with Gasteiger partial charge in [-0.3, -0.25) is 0 Å². The molecular formula is C13H14N4O4. The third-order valence-electron chi connectivity index (χ3n) is 3.55. The van der Waals surface area contributed by atoms with Gasteiger partial charge in [-0.15, -0.1) is 0 Å². The van der Waals surface area contributed by atoms with Gasteiger partial charge in [0.1, 0.15) is 0 Å². The first kappa shape index (κ1) is 16.6. The molecule has 0 aromatic heterocycles. The van der Waals surface area contributed by atoms with E-state index in [9.17, 15) is 19.2 Å². The first-order chi connectivity index (χ1) is 10.2.